The van der Waals surface area contributed by atoms with E-state index in [1.54, 1.807) is 51.1 Å². The number of halogens is 2. The molecule has 8 nitrogen and oxygen atoms in total. The fourth-order valence-electron chi connectivity index (χ4n) is 4.38. The number of hydrogen-bond acceptors (Lipinski definition) is 5. The maximum Gasteiger partial charge on any atom is 0.251 e. The second-order valence-electron chi connectivity index (χ2n) is 8.15. The molecule has 1 amide bonds. The van der Waals surface area contributed by atoms with Gasteiger partial charge in [0.1, 0.15) is 17.6 Å². The fourth-order valence-corrected chi connectivity index (χ4v) is 4.59. The molecule has 10 heteroatoms. The highest BCUT2D eigenvalue weighted by Crippen LogP contribution is 2.34. The predicted octanol–water partition coefficient (Wildman–Crippen LogP) is 4.56. The van der Waals surface area contributed by atoms with Gasteiger partial charge in [-0.2, -0.15) is 10.2 Å². The molecule has 4 aromatic rings. The smallest absolute Gasteiger partial charge is 0.251 e. The SMILES string of the molecule is CCC(C(=O)N1CCCc2c1cnn2-c1ccc(F)cc1)n1nc(-c2ncccn2)c(Cl)c1C. The van der Waals surface area contributed by atoms with Crippen LogP contribution >= 0.6 is 11.6 Å². The van der Waals surface area contributed by atoms with E-state index in [1.165, 1.54) is 12.1 Å². The van der Waals surface area contributed by atoms with Crippen LogP contribution in [0.25, 0.3) is 17.2 Å². The van der Waals surface area contributed by atoms with Crippen LogP contribution in [0.3, 0.4) is 0 Å². The van der Waals surface area contributed by atoms with Gasteiger partial charge in [-0.05, 0) is 56.5 Å². The van der Waals surface area contributed by atoms with Gasteiger partial charge in [-0.25, -0.2) is 19.0 Å². The van der Waals surface area contributed by atoms with Crippen LogP contribution in [0.15, 0.2) is 48.9 Å². The summed E-state index contributed by atoms with van der Waals surface area (Å²) in [5, 5.41) is 9.57. The monoisotopic (exact) mass is 479 g/mol. The Bertz CT molecular complexity index is 1330. The average molecular weight is 480 g/mol. The summed E-state index contributed by atoms with van der Waals surface area (Å²) in [6.07, 6.45) is 7.06. The van der Waals surface area contributed by atoms with Crippen molar-refractivity contribution in [2.45, 2.75) is 39.2 Å². The van der Waals surface area contributed by atoms with Crippen molar-refractivity contribution in [3.8, 4) is 17.2 Å². The minimum Gasteiger partial charge on any atom is -0.307 e. The Morgan fingerprint density at radius 2 is 1.94 bits per heavy atom. The summed E-state index contributed by atoms with van der Waals surface area (Å²) in [7, 11) is 0. The molecule has 1 aromatic carbocycles. The summed E-state index contributed by atoms with van der Waals surface area (Å²) in [6.45, 7) is 4.37. The number of rotatable bonds is 5. The first-order chi connectivity index (χ1) is 16.5. The number of carbonyl (C=O) groups is 1. The number of aromatic nitrogens is 6. The van der Waals surface area contributed by atoms with E-state index < -0.39 is 6.04 Å². The lowest BCUT2D eigenvalue weighted by atomic mass is 10.1. The van der Waals surface area contributed by atoms with Crippen LogP contribution in [-0.2, 0) is 11.2 Å². The molecule has 1 aliphatic rings. The normalized spacial score (nSPS) is 14.2. The van der Waals surface area contributed by atoms with Gasteiger partial charge in [0.05, 0.1) is 34.0 Å². The molecule has 0 spiro atoms. The van der Waals surface area contributed by atoms with Crippen molar-refractivity contribution in [1.82, 2.24) is 29.5 Å². The fraction of sp³-hybridized carbons (Fsp3) is 0.292. The van der Waals surface area contributed by atoms with Crippen molar-refractivity contribution in [1.29, 1.82) is 0 Å². The molecule has 1 unspecified atom stereocenters. The Hall–Kier alpha value is -3.59. The van der Waals surface area contributed by atoms with Crippen molar-refractivity contribution >= 4 is 23.2 Å². The molecule has 5 rings (SSSR count). The molecule has 34 heavy (non-hydrogen) atoms. The lowest BCUT2D eigenvalue weighted by Crippen LogP contribution is -2.41. The number of amides is 1. The standard InChI is InChI=1S/C24H23ClFN7O/c1-3-18(32-15(2)21(25)22(30-32)23-27-11-5-12-28-23)24(34)31-13-4-6-19-20(31)14-29-33(19)17-9-7-16(26)8-10-17/h5,7-12,14,18H,3-4,6,13H2,1-2H3. The van der Waals surface area contributed by atoms with Gasteiger partial charge in [-0.3, -0.25) is 9.48 Å². The summed E-state index contributed by atoms with van der Waals surface area (Å²) >= 11 is 6.58. The number of benzene rings is 1. The molecule has 4 heterocycles. The van der Waals surface area contributed by atoms with Crippen molar-refractivity contribution in [2.24, 2.45) is 0 Å². The molecule has 174 valence electrons. The van der Waals surface area contributed by atoms with E-state index in [0.717, 1.165) is 29.9 Å². The number of nitrogens with zero attached hydrogens (tertiary/aromatic N) is 7. The zero-order chi connectivity index (χ0) is 23.8. The number of fused-ring (bicyclic) bond motifs is 1. The van der Waals surface area contributed by atoms with E-state index in [2.05, 4.69) is 20.2 Å². The lowest BCUT2D eigenvalue weighted by Gasteiger charge is -2.30. The van der Waals surface area contributed by atoms with E-state index in [1.807, 2.05) is 13.8 Å². The molecule has 3 aromatic heterocycles. The third kappa shape index (κ3) is 3.75. The van der Waals surface area contributed by atoms with E-state index in [9.17, 15) is 9.18 Å². The highest BCUT2D eigenvalue weighted by Gasteiger charge is 2.33. The Morgan fingerprint density at radius 3 is 2.65 bits per heavy atom. The molecule has 1 aliphatic heterocycles. The zero-order valence-electron chi connectivity index (χ0n) is 18.8. The Labute approximate surface area is 201 Å². The van der Waals surface area contributed by atoms with Crippen molar-refractivity contribution < 1.29 is 9.18 Å². The van der Waals surface area contributed by atoms with E-state index in [0.29, 0.717) is 35.2 Å². The van der Waals surface area contributed by atoms with Gasteiger partial charge in [0, 0.05) is 18.9 Å². The van der Waals surface area contributed by atoms with Gasteiger partial charge in [-0.1, -0.05) is 18.5 Å². The maximum absolute atomic E-state index is 13.8. The average Bonchev–Trinajstić information content (AvgIpc) is 3.42. The van der Waals surface area contributed by atoms with E-state index in [4.69, 9.17) is 11.6 Å². The molecule has 0 fully saturated rings. The molecule has 0 saturated heterocycles. The van der Waals surface area contributed by atoms with Crippen LogP contribution < -0.4 is 4.90 Å². The lowest BCUT2D eigenvalue weighted by molar-refractivity contribution is -0.122. The quantitative estimate of drug-likeness (QED) is 0.419. The van der Waals surface area contributed by atoms with Gasteiger partial charge in [-0.15, -0.1) is 0 Å². The summed E-state index contributed by atoms with van der Waals surface area (Å²) in [5.41, 5.74) is 3.58. The van der Waals surface area contributed by atoms with E-state index in [-0.39, 0.29) is 11.7 Å². The molecule has 0 aliphatic carbocycles. The van der Waals surface area contributed by atoms with Crippen LogP contribution in [0.5, 0.6) is 0 Å². The molecular weight excluding hydrogens is 457 g/mol. The minimum absolute atomic E-state index is 0.0788. The largest absolute Gasteiger partial charge is 0.307 e. The Kier molecular flexibility index (Phi) is 5.87. The summed E-state index contributed by atoms with van der Waals surface area (Å²) < 4.78 is 16.8. The summed E-state index contributed by atoms with van der Waals surface area (Å²) in [4.78, 5) is 24.1. The molecular formula is C24H23ClFN7O. The van der Waals surface area contributed by atoms with E-state index >= 15 is 0 Å². The Morgan fingerprint density at radius 1 is 1.21 bits per heavy atom. The second kappa shape index (κ2) is 8.98. The van der Waals surface area contributed by atoms with Gasteiger partial charge < -0.3 is 4.90 Å². The predicted molar refractivity (Wildman–Crippen MR) is 127 cm³/mol. The van der Waals surface area contributed by atoms with Gasteiger partial charge in [0.15, 0.2) is 5.82 Å². The van der Waals surface area contributed by atoms with Crippen molar-refractivity contribution in [3.05, 3.63) is 71.2 Å². The number of carbonyl (C=O) groups excluding carboxylic acids is 1. The van der Waals surface area contributed by atoms with Crippen LogP contribution in [0.2, 0.25) is 5.02 Å². The third-order valence-corrected chi connectivity index (χ3v) is 6.54. The summed E-state index contributed by atoms with van der Waals surface area (Å²) in [5.74, 6) is 0.0308. The van der Waals surface area contributed by atoms with Crippen LogP contribution in [0.4, 0.5) is 10.1 Å². The van der Waals surface area contributed by atoms with Crippen molar-refractivity contribution in [2.75, 3.05) is 11.4 Å². The summed E-state index contributed by atoms with van der Waals surface area (Å²) in [6, 6.07) is 7.34. The molecule has 0 bridgehead atoms. The van der Waals surface area contributed by atoms with Crippen LogP contribution in [0.1, 0.15) is 37.2 Å². The molecule has 1 atom stereocenters. The van der Waals surface area contributed by atoms with Gasteiger partial charge in [0.25, 0.3) is 5.91 Å². The van der Waals surface area contributed by atoms with Gasteiger partial charge >= 0.3 is 0 Å². The van der Waals surface area contributed by atoms with Crippen molar-refractivity contribution in [3.63, 3.8) is 0 Å². The Balaban J connectivity index is 1.49. The highest BCUT2D eigenvalue weighted by molar-refractivity contribution is 6.33. The first kappa shape index (κ1) is 22.2. The number of hydrogen-bond donors (Lipinski definition) is 0. The topological polar surface area (TPSA) is 81.7 Å². The van der Waals surface area contributed by atoms with Crippen LogP contribution in [-0.4, -0.2) is 42.0 Å². The second-order valence-corrected chi connectivity index (χ2v) is 8.53. The number of anilines is 1. The molecule has 0 radical (unpaired) electrons. The maximum atomic E-state index is 13.8. The first-order valence-electron chi connectivity index (χ1n) is 11.2. The molecule has 0 N–H and O–H groups in total. The highest BCUT2D eigenvalue weighted by atomic mass is 35.5. The first-order valence-corrected chi connectivity index (χ1v) is 11.5. The third-order valence-electron chi connectivity index (χ3n) is 6.09. The van der Waals surface area contributed by atoms with Crippen LogP contribution in [0, 0.1) is 12.7 Å². The zero-order valence-corrected chi connectivity index (χ0v) is 19.6. The minimum atomic E-state index is -0.546. The van der Waals surface area contributed by atoms with Gasteiger partial charge in [0.2, 0.25) is 0 Å². The molecule has 0 saturated carbocycles.